The summed E-state index contributed by atoms with van der Waals surface area (Å²) >= 11 is 1.33. The molecule has 2 heterocycles. The Bertz CT molecular complexity index is 619. The quantitative estimate of drug-likeness (QED) is 0.904. The van der Waals surface area contributed by atoms with Gasteiger partial charge in [-0.05, 0) is 19.8 Å². The van der Waals surface area contributed by atoms with Crippen LogP contribution in [0.1, 0.15) is 30.3 Å². The van der Waals surface area contributed by atoms with Gasteiger partial charge in [0.2, 0.25) is 11.0 Å². The Kier molecular flexibility index (Phi) is 3.39. The summed E-state index contributed by atoms with van der Waals surface area (Å²) < 4.78 is 9.22. The molecule has 1 aliphatic carbocycles. The Hall–Kier alpha value is -1.96. The molecule has 1 aliphatic rings. The van der Waals surface area contributed by atoms with E-state index < -0.39 is 0 Å². The van der Waals surface area contributed by atoms with Gasteiger partial charge in [-0.2, -0.15) is 4.37 Å². The number of aryl methyl sites for hydroxylation is 1. The number of rotatable bonds is 5. The first kappa shape index (κ1) is 13.0. The monoisotopic (exact) mass is 293 g/mol. The SMILES string of the molecule is Cc1cc(NC(=O)CN(C)c2nc(C3CC3)ns2)no1. The molecule has 0 aromatic carbocycles. The molecular weight excluding hydrogens is 278 g/mol. The number of nitrogens with zero attached hydrogens (tertiary/aromatic N) is 4. The number of nitrogens with one attached hydrogen (secondary N) is 1. The predicted molar refractivity (Wildman–Crippen MR) is 75.0 cm³/mol. The van der Waals surface area contributed by atoms with E-state index in [0.717, 1.165) is 11.0 Å². The summed E-state index contributed by atoms with van der Waals surface area (Å²) in [6, 6.07) is 1.67. The topological polar surface area (TPSA) is 84.2 Å². The fourth-order valence-corrected chi connectivity index (χ4v) is 2.48. The molecule has 3 rings (SSSR count). The van der Waals surface area contributed by atoms with E-state index in [2.05, 4.69) is 19.8 Å². The van der Waals surface area contributed by atoms with Crippen molar-refractivity contribution in [1.82, 2.24) is 14.5 Å². The van der Waals surface area contributed by atoms with Crippen molar-refractivity contribution in [1.29, 1.82) is 0 Å². The number of likely N-dealkylation sites (N-methyl/N-ethyl adjacent to an activating group) is 1. The fraction of sp³-hybridized carbons (Fsp3) is 0.500. The van der Waals surface area contributed by atoms with Gasteiger partial charge < -0.3 is 14.7 Å². The van der Waals surface area contributed by atoms with Crippen LogP contribution in [0.2, 0.25) is 0 Å². The normalized spacial score (nSPS) is 14.3. The van der Waals surface area contributed by atoms with Gasteiger partial charge in [0.1, 0.15) is 11.6 Å². The summed E-state index contributed by atoms with van der Waals surface area (Å²) in [7, 11) is 1.82. The van der Waals surface area contributed by atoms with Gasteiger partial charge in [-0.25, -0.2) is 4.98 Å². The molecule has 1 fully saturated rings. The van der Waals surface area contributed by atoms with E-state index in [9.17, 15) is 4.79 Å². The Morgan fingerprint density at radius 3 is 3.05 bits per heavy atom. The van der Waals surface area contributed by atoms with Crippen molar-refractivity contribution in [3.8, 4) is 0 Å². The van der Waals surface area contributed by atoms with Crippen LogP contribution < -0.4 is 10.2 Å². The van der Waals surface area contributed by atoms with E-state index in [1.54, 1.807) is 17.9 Å². The zero-order valence-electron chi connectivity index (χ0n) is 11.3. The second-order valence-corrected chi connectivity index (χ2v) is 5.67. The largest absolute Gasteiger partial charge is 0.360 e. The van der Waals surface area contributed by atoms with E-state index in [0.29, 0.717) is 17.5 Å². The Morgan fingerprint density at radius 2 is 2.40 bits per heavy atom. The van der Waals surface area contributed by atoms with Crippen LogP contribution in [0.3, 0.4) is 0 Å². The third kappa shape index (κ3) is 2.96. The number of carbonyl (C=O) groups is 1. The molecule has 0 bridgehead atoms. The number of hydrogen-bond acceptors (Lipinski definition) is 7. The standard InChI is InChI=1S/C12H15N5O2S/c1-7-5-9(15-19-7)13-10(18)6-17(2)12-14-11(16-20-12)8-3-4-8/h5,8H,3-4,6H2,1-2H3,(H,13,15,18). The van der Waals surface area contributed by atoms with Gasteiger partial charge in [0.05, 0.1) is 6.54 Å². The lowest BCUT2D eigenvalue weighted by Crippen LogP contribution is -2.30. The van der Waals surface area contributed by atoms with Crippen molar-refractivity contribution in [2.24, 2.45) is 0 Å². The highest BCUT2D eigenvalue weighted by Gasteiger charge is 2.28. The van der Waals surface area contributed by atoms with Crippen LogP contribution in [0.4, 0.5) is 10.9 Å². The van der Waals surface area contributed by atoms with Crippen LogP contribution in [0.5, 0.6) is 0 Å². The second-order valence-electron chi connectivity index (χ2n) is 4.94. The summed E-state index contributed by atoms with van der Waals surface area (Å²) in [5.74, 6) is 2.36. The zero-order valence-corrected chi connectivity index (χ0v) is 12.1. The van der Waals surface area contributed by atoms with Crippen molar-refractivity contribution in [3.05, 3.63) is 17.7 Å². The first-order valence-corrected chi connectivity index (χ1v) is 7.17. The van der Waals surface area contributed by atoms with E-state index in [1.807, 2.05) is 7.05 Å². The molecule has 0 spiro atoms. The minimum atomic E-state index is -0.163. The van der Waals surface area contributed by atoms with Crippen molar-refractivity contribution < 1.29 is 9.32 Å². The van der Waals surface area contributed by atoms with E-state index in [1.165, 1.54) is 24.4 Å². The smallest absolute Gasteiger partial charge is 0.245 e. The van der Waals surface area contributed by atoms with Gasteiger partial charge in [0, 0.05) is 30.6 Å². The highest BCUT2D eigenvalue weighted by molar-refractivity contribution is 7.09. The Labute approximate surface area is 120 Å². The first-order chi connectivity index (χ1) is 9.61. The molecule has 2 aromatic rings. The lowest BCUT2D eigenvalue weighted by molar-refractivity contribution is -0.115. The number of hydrogen-bond donors (Lipinski definition) is 1. The number of aromatic nitrogens is 3. The molecule has 1 saturated carbocycles. The van der Waals surface area contributed by atoms with Crippen molar-refractivity contribution in [3.63, 3.8) is 0 Å². The van der Waals surface area contributed by atoms with Crippen molar-refractivity contribution in [2.75, 3.05) is 23.8 Å². The molecule has 2 aromatic heterocycles. The molecule has 8 heteroatoms. The molecule has 20 heavy (non-hydrogen) atoms. The van der Waals surface area contributed by atoms with Crippen LogP contribution in [0, 0.1) is 6.92 Å². The van der Waals surface area contributed by atoms with Gasteiger partial charge in [-0.1, -0.05) is 5.16 Å². The third-order valence-corrected chi connectivity index (χ3v) is 3.82. The highest BCUT2D eigenvalue weighted by atomic mass is 32.1. The third-order valence-electron chi connectivity index (χ3n) is 2.98. The predicted octanol–water partition coefficient (Wildman–Crippen LogP) is 1.79. The average Bonchev–Trinajstić information content (AvgIpc) is 2.98. The van der Waals surface area contributed by atoms with Gasteiger partial charge in [0.15, 0.2) is 5.82 Å². The molecule has 0 radical (unpaired) electrons. The summed E-state index contributed by atoms with van der Waals surface area (Å²) in [6.45, 7) is 1.97. The van der Waals surface area contributed by atoms with Crippen LogP contribution in [0.25, 0.3) is 0 Å². The minimum absolute atomic E-state index is 0.163. The molecule has 1 amide bonds. The van der Waals surface area contributed by atoms with E-state index >= 15 is 0 Å². The second kappa shape index (κ2) is 5.20. The van der Waals surface area contributed by atoms with Gasteiger partial charge in [-0.3, -0.25) is 4.79 Å². The highest BCUT2D eigenvalue weighted by Crippen LogP contribution is 2.39. The molecule has 106 valence electrons. The van der Waals surface area contributed by atoms with Crippen molar-refractivity contribution in [2.45, 2.75) is 25.7 Å². The lowest BCUT2D eigenvalue weighted by atomic mass is 10.4. The zero-order chi connectivity index (χ0) is 14.1. The van der Waals surface area contributed by atoms with Crippen LogP contribution in [0.15, 0.2) is 10.6 Å². The maximum atomic E-state index is 11.9. The summed E-state index contributed by atoms with van der Waals surface area (Å²) in [5, 5.41) is 7.16. The Balaban J connectivity index is 1.56. The number of amides is 1. The molecule has 0 unspecified atom stereocenters. The minimum Gasteiger partial charge on any atom is -0.360 e. The van der Waals surface area contributed by atoms with E-state index in [4.69, 9.17) is 4.52 Å². The number of anilines is 2. The molecular formula is C12H15N5O2S. The average molecular weight is 293 g/mol. The maximum absolute atomic E-state index is 11.9. The van der Waals surface area contributed by atoms with Crippen LogP contribution >= 0.6 is 11.5 Å². The molecule has 0 saturated heterocycles. The molecule has 1 N–H and O–H groups in total. The molecule has 0 aliphatic heterocycles. The van der Waals surface area contributed by atoms with Gasteiger partial charge in [-0.15, -0.1) is 0 Å². The van der Waals surface area contributed by atoms with Gasteiger partial charge in [0.25, 0.3) is 0 Å². The summed E-state index contributed by atoms with van der Waals surface area (Å²) in [6.07, 6.45) is 2.35. The van der Waals surface area contributed by atoms with Crippen molar-refractivity contribution >= 4 is 28.4 Å². The summed E-state index contributed by atoms with van der Waals surface area (Å²) in [4.78, 5) is 18.1. The summed E-state index contributed by atoms with van der Waals surface area (Å²) in [5.41, 5.74) is 0. The Morgan fingerprint density at radius 1 is 1.60 bits per heavy atom. The van der Waals surface area contributed by atoms with Gasteiger partial charge >= 0.3 is 0 Å². The van der Waals surface area contributed by atoms with Crippen LogP contribution in [-0.4, -0.2) is 34.0 Å². The maximum Gasteiger partial charge on any atom is 0.245 e. The van der Waals surface area contributed by atoms with Crippen LogP contribution in [-0.2, 0) is 4.79 Å². The lowest BCUT2D eigenvalue weighted by Gasteiger charge is -2.13. The number of carbonyl (C=O) groups excluding carboxylic acids is 1. The van der Waals surface area contributed by atoms with E-state index in [-0.39, 0.29) is 12.5 Å². The first-order valence-electron chi connectivity index (χ1n) is 6.40. The molecule has 7 nitrogen and oxygen atoms in total. The fourth-order valence-electron chi connectivity index (χ4n) is 1.78. The molecule has 0 atom stereocenters.